The fourth-order valence-corrected chi connectivity index (χ4v) is 6.02. The second-order valence-electron chi connectivity index (χ2n) is 7.64. The number of sulfone groups is 1. The fraction of sp³-hybridized carbons (Fsp3) is 0.524. The SMILES string of the molecule is COCC1=C2[C@@H](CC/C(C)=C/c3cc(C)c(O)c(C)c3)OC[C@@H]2S(=O)(=O)C1. The lowest BCUT2D eigenvalue weighted by atomic mass is 9.97. The number of phenolic OH excluding ortho intramolecular Hbond substituents is 1. The number of phenols is 1. The van der Waals surface area contributed by atoms with Crippen LogP contribution in [-0.2, 0) is 19.3 Å². The van der Waals surface area contributed by atoms with E-state index < -0.39 is 15.1 Å². The summed E-state index contributed by atoms with van der Waals surface area (Å²) in [5.41, 5.74) is 5.79. The van der Waals surface area contributed by atoms with Crippen molar-refractivity contribution in [2.75, 3.05) is 26.1 Å². The maximum Gasteiger partial charge on any atom is 0.163 e. The van der Waals surface area contributed by atoms with Gasteiger partial charge >= 0.3 is 0 Å². The Bertz CT molecular complexity index is 872. The zero-order chi connectivity index (χ0) is 19.8. The van der Waals surface area contributed by atoms with E-state index in [9.17, 15) is 13.5 Å². The van der Waals surface area contributed by atoms with Gasteiger partial charge in [0.05, 0.1) is 25.1 Å². The van der Waals surface area contributed by atoms with Crippen LogP contribution >= 0.6 is 0 Å². The lowest BCUT2D eigenvalue weighted by molar-refractivity contribution is 0.117. The summed E-state index contributed by atoms with van der Waals surface area (Å²) in [5.74, 6) is 0.442. The van der Waals surface area contributed by atoms with E-state index in [2.05, 4.69) is 13.0 Å². The monoisotopic (exact) mass is 392 g/mol. The molecule has 0 aliphatic carbocycles. The number of hydrogen-bond donors (Lipinski definition) is 1. The Kier molecular flexibility index (Phi) is 5.79. The molecular weight excluding hydrogens is 364 g/mol. The van der Waals surface area contributed by atoms with Crippen molar-refractivity contribution >= 4 is 15.9 Å². The van der Waals surface area contributed by atoms with E-state index in [0.29, 0.717) is 12.4 Å². The molecule has 2 heterocycles. The highest BCUT2D eigenvalue weighted by molar-refractivity contribution is 7.92. The molecule has 1 aromatic carbocycles. The molecule has 27 heavy (non-hydrogen) atoms. The highest BCUT2D eigenvalue weighted by Gasteiger charge is 2.46. The Morgan fingerprint density at radius 1 is 1.33 bits per heavy atom. The molecule has 0 saturated carbocycles. The predicted octanol–water partition coefficient (Wildman–Crippen LogP) is 3.33. The van der Waals surface area contributed by atoms with E-state index >= 15 is 0 Å². The Balaban J connectivity index is 1.72. The maximum atomic E-state index is 12.3. The Morgan fingerprint density at radius 3 is 2.63 bits per heavy atom. The first kappa shape index (κ1) is 20.1. The van der Waals surface area contributed by atoms with Crippen LogP contribution in [0.25, 0.3) is 6.08 Å². The third-order valence-corrected chi connectivity index (χ3v) is 7.41. The van der Waals surface area contributed by atoms with Gasteiger partial charge in [0.25, 0.3) is 0 Å². The molecule has 1 N–H and O–H groups in total. The summed E-state index contributed by atoms with van der Waals surface area (Å²) in [7, 11) is -1.56. The normalized spacial score (nSPS) is 24.5. The second-order valence-corrected chi connectivity index (χ2v) is 9.83. The molecule has 3 rings (SSSR count). The van der Waals surface area contributed by atoms with Gasteiger partial charge in [-0.2, -0.15) is 0 Å². The molecule has 0 unspecified atom stereocenters. The average molecular weight is 393 g/mol. The largest absolute Gasteiger partial charge is 0.507 e. The van der Waals surface area contributed by atoms with Gasteiger partial charge in [0.2, 0.25) is 0 Å². The van der Waals surface area contributed by atoms with Gasteiger partial charge in [-0.05, 0) is 73.6 Å². The number of rotatable bonds is 6. The average Bonchev–Trinajstić information content (AvgIpc) is 3.11. The topological polar surface area (TPSA) is 72.8 Å². The minimum absolute atomic E-state index is 0.0988. The summed E-state index contributed by atoms with van der Waals surface area (Å²) in [4.78, 5) is 0. The number of allylic oxidation sites excluding steroid dienone is 1. The second kappa shape index (κ2) is 7.78. The molecule has 0 amide bonds. The van der Waals surface area contributed by atoms with Crippen LogP contribution < -0.4 is 0 Å². The third kappa shape index (κ3) is 4.13. The van der Waals surface area contributed by atoms with Gasteiger partial charge in [-0.1, -0.05) is 11.6 Å². The molecule has 1 saturated heterocycles. The number of aromatic hydroxyl groups is 1. The predicted molar refractivity (Wildman–Crippen MR) is 107 cm³/mol. The van der Waals surface area contributed by atoms with E-state index in [1.165, 1.54) is 5.57 Å². The van der Waals surface area contributed by atoms with Gasteiger partial charge in [0, 0.05) is 7.11 Å². The lowest BCUT2D eigenvalue weighted by Crippen LogP contribution is -2.19. The summed E-state index contributed by atoms with van der Waals surface area (Å²) in [6.45, 7) is 6.47. The lowest BCUT2D eigenvalue weighted by Gasteiger charge is -2.14. The fourth-order valence-electron chi connectivity index (χ4n) is 4.10. The first-order valence-corrected chi connectivity index (χ1v) is 11.0. The van der Waals surface area contributed by atoms with Gasteiger partial charge < -0.3 is 14.6 Å². The number of methoxy groups -OCH3 is 1. The van der Waals surface area contributed by atoms with Gasteiger partial charge in [-0.25, -0.2) is 8.42 Å². The molecule has 0 bridgehead atoms. The van der Waals surface area contributed by atoms with Crippen molar-refractivity contribution in [2.24, 2.45) is 0 Å². The summed E-state index contributed by atoms with van der Waals surface area (Å²) in [6.07, 6.45) is 3.54. The standard InChI is InChI=1S/C21H28O5S/c1-13(7-16-8-14(2)21(22)15(3)9-16)5-6-18-20-17(10-25-4)12-27(23,24)19(20)11-26-18/h7-9,18-19,22H,5-6,10-12H2,1-4H3/b13-7+/t18-,19+/m1/s1. The van der Waals surface area contributed by atoms with Gasteiger partial charge in [-0.15, -0.1) is 0 Å². The molecule has 1 aromatic rings. The molecule has 2 atom stereocenters. The van der Waals surface area contributed by atoms with Crippen molar-refractivity contribution < 1.29 is 23.0 Å². The van der Waals surface area contributed by atoms with E-state index in [1.54, 1.807) is 7.11 Å². The van der Waals surface area contributed by atoms with Crippen LogP contribution in [0.3, 0.4) is 0 Å². The first-order chi connectivity index (χ1) is 12.7. The van der Waals surface area contributed by atoms with Crippen molar-refractivity contribution in [1.82, 2.24) is 0 Å². The number of hydrogen-bond acceptors (Lipinski definition) is 5. The highest BCUT2D eigenvalue weighted by Crippen LogP contribution is 2.38. The zero-order valence-corrected chi connectivity index (χ0v) is 17.2. The van der Waals surface area contributed by atoms with E-state index in [-0.39, 0.29) is 18.5 Å². The van der Waals surface area contributed by atoms with E-state index in [4.69, 9.17) is 9.47 Å². The van der Waals surface area contributed by atoms with Crippen LogP contribution in [0.5, 0.6) is 5.75 Å². The number of fused-ring (bicyclic) bond motifs is 1. The Morgan fingerprint density at radius 2 is 2.00 bits per heavy atom. The zero-order valence-electron chi connectivity index (χ0n) is 16.4. The van der Waals surface area contributed by atoms with Crippen LogP contribution in [-0.4, -0.2) is 51.0 Å². The van der Waals surface area contributed by atoms with E-state index in [0.717, 1.165) is 40.7 Å². The van der Waals surface area contributed by atoms with Crippen molar-refractivity contribution in [1.29, 1.82) is 0 Å². The summed E-state index contributed by atoms with van der Waals surface area (Å²) >= 11 is 0. The van der Waals surface area contributed by atoms with Crippen molar-refractivity contribution in [3.05, 3.63) is 45.5 Å². The van der Waals surface area contributed by atoms with Crippen molar-refractivity contribution in [2.45, 2.75) is 45.0 Å². The molecule has 1 fully saturated rings. The van der Waals surface area contributed by atoms with E-state index in [1.807, 2.05) is 26.0 Å². The molecule has 148 valence electrons. The van der Waals surface area contributed by atoms with Crippen molar-refractivity contribution in [3.8, 4) is 5.75 Å². The third-order valence-electron chi connectivity index (χ3n) is 5.41. The number of ether oxygens (including phenoxy) is 2. The van der Waals surface area contributed by atoms with Crippen LogP contribution in [0, 0.1) is 13.8 Å². The maximum absolute atomic E-state index is 12.3. The van der Waals surface area contributed by atoms with Crippen LogP contribution in [0.4, 0.5) is 0 Å². The molecule has 2 aliphatic rings. The quantitative estimate of drug-likeness (QED) is 0.752. The van der Waals surface area contributed by atoms with Gasteiger partial charge in [0.1, 0.15) is 11.0 Å². The molecule has 6 heteroatoms. The molecular formula is C21H28O5S. The summed E-state index contributed by atoms with van der Waals surface area (Å²) < 4.78 is 35.7. The number of aryl methyl sites for hydroxylation is 2. The molecule has 0 aromatic heterocycles. The van der Waals surface area contributed by atoms with Gasteiger partial charge in [-0.3, -0.25) is 0 Å². The smallest absolute Gasteiger partial charge is 0.163 e. The Hall–Kier alpha value is -1.63. The highest BCUT2D eigenvalue weighted by atomic mass is 32.2. The molecule has 0 spiro atoms. The minimum Gasteiger partial charge on any atom is -0.507 e. The Labute approximate surface area is 161 Å². The van der Waals surface area contributed by atoms with Crippen molar-refractivity contribution in [3.63, 3.8) is 0 Å². The number of benzene rings is 1. The summed E-state index contributed by atoms with van der Waals surface area (Å²) in [5, 5.41) is 9.42. The first-order valence-electron chi connectivity index (χ1n) is 9.24. The molecule has 0 radical (unpaired) electrons. The summed E-state index contributed by atoms with van der Waals surface area (Å²) in [6, 6.07) is 3.94. The van der Waals surface area contributed by atoms with Crippen LogP contribution in [0.1, 0.15) is 36.5 Å². The minimum atomic E-state index is -3.15. The van der Waals surface area contributed by atoms with Crippen LogP contribution in [0.2, 0.25) is 0 Å². The van der Waals surface area contributed by atoms with Crippen LogP contribution in [0.15, 0.2) is 28.9 Å². The van der Waals surface area contributed by atoms with Gasteiger partial charge in [0.15, 0.2) is 9.84 Å². The molecule has 2 aliphatic heterocycles. The molecule has 5 nitrogen and oxygen atoms in total.